The van der Waals surface area contributed by atoms with Gasteiger partial charge in [-0.3, -0.25) is 0 Å². The zero-order chi connectivity index (χ0) is 14.7. The predicted octanol–water partition coefficient (Wildman–Crippen LogP) is 1.31. The predicted molar refractivity (Wildman–Crippen MR) is 89.0 cm³/mol. The standard InChI is InChI=1S/C16H25OSi2.Li/c1-16(2,3)15(17)18(19(4,5)6)13-12-14-10-8-7-9-11-14;/h7-13H,1-6H3;/q-1;+1/b13-12+;. The molecule has 4 heteroatoms. The molecule has 20 heavy (non-hydrogen) atoms. The van der Waals surface area contributed by atoms with Gasteiger partial charge in [0, 0.05) is 0 Å². The molecule has 0 aliphatic carbocycles. The van der Waals surface area contributed by atoms with Crippen molar-refractivity contribution in [2.45, 2.75) is 40.4 Å². The maximum absolute atomic E-state index is 12.7. The van der Waals surface area contributed by atoms with Crippen LogP contribution >= 0.6 is 0 Å². The van der Waals surface area contributed by atoms with Crippen molar-refractivity contribution in [2.24, 2.45) is 5.41 Å². The smallest absolute Gasteiger partial charge is 0.340 e. The van der Waals surface area contributed by atoms with E-state index in [1.165, 1.54) is 5.56 Å². The Kier molecular flexibility index (Phi) is 7.48. The maximum Gasteiger partial charge on any atom is 1.00 e. The molecule has 1 aromatic carbocycles. The second kappa shape index (κ2) is 7.61. The van der Waals surface area contributed by atoms with Crippen LogP contribution in [-0.4, -0.2) is 21.3 Å². The van der Waals surface area contributed by atoms with Crippen LogP contribution in [0.4, 0.5) is 0 Å². The molecule has 0 spiro atoms. The van der Waals surface area contributed by atoms with Gasteiger partial charge in [-0.1, -0.05) is 84.4 Å². The molecule has 0 heterocycles. The monoisotopic (exact) mass is 296 g/mol. The Hall–Kier alpha value is -0.339. The third-order valence-corrected chi connectivity index (χ3v) is 12.4. The first-order valence-corrected chi connectivity index (χ1v) is 12.9. The van der Waals surface area contributed by atoms with E-state index in [1.807, 2.05) is 39.0 Å². The van der Waals surface area contributed by atoms with Crippen molar-refractivity contribution >= 4 is 27.4 Å². The van der Waals surface area contributed by atoms with Crippen molar-refractivity contribution in [2.75, 3.05) is 0 Å². The van der Waals surface area contributed by atoms with E-state index in [1.54, 1.807) is 0 Å². The molecular formula is C16H25LiOSi2. The normalized spacial score (nSPS) is 12.1. The zero-order valence-electron chi connectivity index (χ0n) is 13.9. The number of benzene rings is 1. The molecule has 1 nitrogen and oxygen atoms in total. The first-order valence-electron chi connectivity index (χ1n) is 6.78. The van der Waals surface area contributed by atoms with Crippen LogP contribution in [0.15, 0.2) is 36.0 Å². The molecule has 0 unspecified atom stereocenters. The van der Waals surface area contributed by atoms with Gasteiger partial charge < -0.3 is 4.79 Å². The molecule has 0 N–H and O–H groups in total. The van der Waals surface area contributed by atoms with E-state index in [9.17, 15) is 4.79 Å². The van der Waals surface area contributed by atoms with Gasteiger partial charge in [0.15, 0.2) is 0 Å². The maximum atomic E-state index is 12.7. The van der Waals surface area contributed by atoms with Crippen molar-refractivity contribution < 1.29 is 23.7 Å². The van der Waals surface area contributed by atoms with E-state index in [0.29, 0.717) is 5.41 Å². The number of hydrogen-bond acceptors (Lipinski definition) is 1. The van der Waals surface area contributed by atoms with Crippen LogP contribution in [0.5, 0.6) is 0 Å². The summed E-state index contributed by atoms with van der Waals surface area (Å²) in [6.45, 7) is 13.0. The minimum atomic E-state index is -1.45. The average molecular weight is 296 g/mol. The summed E-state index contributed by atoms with van der Waals surface area (Å²) < 4.78 is 0. The number of hydrogen-bond donors (Lipinski definition) is 0. The first-order chi connectivity index (χ1) is 8.62. The molecule has 1 aromatic rings. The molecule has 104 valence electrons. The Balaban J connectivity index is 0.00000361. The summed E-state index contributed by atoms with van der Waals surface area (Å²) in [7, 11) is -2.52. The molecule has 0 aromatic heterocycles. The van der Waals surface area contributed by atoms with Gasteiger partial charge in [-0.05, 0) is 16.4 Å². The molecule has 0 atom stereocenters. The van der Waals surface area contributed by atoms with E-state index in [2.05, 4.69) is 43.5 Å². The van der Waals surface area contributed by atoms with Crippen LogP contribution in [0, 0.1) is 5.41 Å². The SMILES string of the molecule is CC(C)(C)C(=O)[Si-](/C=C/c1ccccc1)[Si](C)(C)C.[Li+]. The van der Waals surface area contributed by atoms with E-state index in [-0.39, 0.29) is 24.3 Å². The summed E-state index contributed by atoms with van der Waals surface area (Å²) in [6.07, 6.45) is 2.14. The van der Waals surface area contributed by atoms with Gasteiger partial charge in [0.2, 0.25) is 0 Å². The molecule has 0 fully saturated rings. The molecule has 1 rings (SSSR count). The molecule has 0 radical (unpaired) electrons. The van der Waals surface area contributed by atoms with E-state index in [0.717, 1.165) is 0 Å². The molecular weight excluding hydrogens is 271 g/mol. The van der Waals surface area contributed by atoms with Gasteiger partial charge in [0.1, 0.15) is 0 Å². The van der Waals surface area contributed by atoms with Gasteiger partial charge >= 0.3 is 18.9 Å². The third kappa shape index (κ3) is 5.97. The van der Waals surface area contributed by atoms with Crippen LogP contribution in [0.1, 0.15) is 26.3 Å². The molecule has 0 saturated carbocycles. The second-order valence-electron chi connectivity index (χ2n) is 6.99. The Bertz CT molecular complexity index is 456. The van der Waals surface area contributed by atoms with Gasteiger partial charge in [0.05, 0.1) is 0 Å². The largest absolute Gasteiger partial charge is 1.00 e. The zero-order valence-corrected chi connectivity index (χ0v) is 15.9. The van der Waals surface area contributed by atoms with Crippen LogP contribution in [0.3, 0.4) is 0 Å². The van der Waals surface area contributed by atoms with Gasteiger partial charge in [-0.15, -0.1) is 0 Å². The Morgan fingerprint density at radius 3 is 2.00 bits per heavy atom. The van der Waals surface area contributed by atoms with Crippen molar-refractivity contribution in [3.63, 3.8) is 0 Å². The Morgan fingerprint density at radius 2 is 1.60 bits per heavy atom. The summed E-state index contributed by atoms with van der Waals surface area (Å²) in [4.78, 5) is 12.7. The van der Waals surface area contributed by atoms with Crippen LogP contribution in [-0.2, 0) is 4.79 Å². The van der Waals surface area contributed by atoms with Crippen LogP contribution in [0.2, 0.25) is 19.6 Å². The minimum Gasteiger partial charge on any atom is -0.340 e. The van der Waals surface area contributed by atoms with Crippen molar-refractivity contribution in [1.82, 2.24) is 0 Å². The van der Waals surface area contributed by atoms with Crippen LogP contribution < -0.4 is 18.9 Å². The topological polar surface area (TPSA) is 17.1 Å². The van der Waals surface area contributed by atoms with Gasteiger partial charge in [-0.2, -0.15) is 0 Å². The summed E-state index contributed by atoms with van der Waals surface area (Å²) in [5, 5.41) is 0.462. The molecule has 0 aliphatic heterocycles. The minimum absolute atomic E-state index is 0. The third-order valence-electron chi connectivity index (χ3n) is 2.98. The van der Waals surface area contributed by atoms with E-state index >= 15 is 0 Å². The van der Waals surface area contributed by atoms with Gasteiger partial charge in [0.25, 0.3) is 0 Å². The fraction of sp³-hybridized carbons (Fsp3) is 0.438. The summed E-state index contributed by atoms with van der Waals surface area (Å²) in [6, 6.07) is 10.3. The summed E-state index contributed by atoms with van der Waals surface area (Å²) in [5.74, 6) is 0. The van der Waals surface area contributed by atoms with Crippen LogP contribution in [0.25, 0.3) is 6.08 Å². The molecule has 0 amide bonds. The first kappa shape index (κ1) is 19.7. The number of carbonyl (C=O) groups excluding carboxylic acids is 1. The summed E-state index contributed by atoms with van der Waals surface area (Å²) >= 11 is 0. The fourth-order valence-electron chi connectivity index (χ4n) is 1.81. The van der Waals surface area contributed by atoms with Crippen molar-refractivity contribution in [3.8, 4) is 0 Å². The average Bonchev–Trinajstić information content (AvgIpc) is 2.27. The molecule has 0 saturated heterocycles. The Morgan fingerprint density at radius 1 is 1.10 bits per heavy atom. The summed E-state index contributed by atoms with van der Waals surface area (Å²) in [5.41, 5.74) is 3.18. The quantitative estimate of drug-likeness (QED) is 0.766. The fourth-order valence-corrected chi connectivity index (χ4v) is 9.23. The number of rotatable bonds is 4. The van der Waals surface area contributed by atoms with E-state index in [4.69, 9.17) is 0 Å². The van der Waals surface area contributed by atoms with E-state index < -0.39 is 15.9 Å². The van der Waals surface area contributed by atoms with Crippen molar-refractivity contribution in [1.29, 1.82) is 0 Å². The van der Waals surface area contributed by atoms with Gasteiger partial charge in [-0.25, -0.2) is 14.0 Å². The van der Waals surface area contributed by atoms with Crippen molar-refractivity contribution in [3.05, 3.63) is 41.6 Å². The number of carbonyl (C=O) groups is 1. The second-order valence-corrected chi connectivity index (χ2v) is 19.2. The Labute approximate surface area is 138 Å². The molecule has 0 aliphatic rings. The molecule has 0 bridgehead atoms.